The first-order valence-electron chi connectivity index (χ1n) is 9.78. The van der Waals surface area contributed by atoms with E-state index in [9.17, 15) is 9.59 Å². The van der Waals surface area contributed by atoms with E-state index in [1.165, 1.54) is 6.20 Å². The summed E-state index contributed by atoms with van der Waals surface area (Å²) in [5.74, 6) is 0.422. The van der Waals surface area contributed by atoms with Crippen molar-refractivity contribution in [2.75, 3.05) is 14.2 Å². The fourth-order valence-electron chi connectivity index (χ4n) is 3.41. The average Bonchev–Trinajstić information content (AvgIpc) is 2.84. The third kappa shape index (κ3) is 4.65. The number of fused-ring (bicyclic) bond motifs is 1. The topological polar surface area (TPSA) is 90.7 Å². The van der Waals surface area contributed by atoms with E-state index in [-0.39, 0.29) is 17.8 Å². The molecule has 0 atom stereocenters. The molecule has 1 N–H and O–H groups in total. The molecule has 0 unspecified atom stereocenters. The summed E-state index contributed by atoms with van der Waals surface area (Å²) in [5, 5.41) is 3.90. The van der Waals surface area contributed by atoms with E-state index in [1.807, 2.05) is 0 Å². The van der Waals surface area contributed by atoms with Crippen molar-refractivity contribution in [3.63, 3.8) is 0 Å². The quantitative estimate of drug-likeness (QED) is 0.408. The number of methoxy groups -OCH3 is 2. The van der Waals surface area contributed by atoms with E-state index in [1.54, 1.807) is 62.8 Å². The van der Waals surface area contributed by atoms with E-state index in [4.69, 9.17) is 37.1 Å². The van der Waals surface area contributed by atoms with Crippen molar-refractivity contribution >= 4 is 40.0 Å². The van der Waals surface area contributed by atoms with Crippen LogP contribution in [-0.4, -0.2) is 25.1 Å². The number of hydrogen-bond donors (Lipinski definition) is 1. The molecule has 7 nitrogen and oxygen atoms in total. The molecule has 4 rings (SSSR count). The summed E-state index contributed by atoms with van der Waals surface area (Å²) in [6.45, 7) is 0.141. The maximum Gasteiger partial charge on any atom is 0.363 e. The molecule has 2 aromatic heterocycles. The number of amides is 1. The molecule has 0 radical (unpaired) electrons. The van der Waals surface area contributed by atoms with Crippen LogP contribution < -0.4 is 20.4 Å². The number of nitrogens with one attached hydrogen (secondary N) is 1. The third-order valence-corrected chi connectivity index (χ3v) is 5.71. The largest absolute Gasteiger partial charge is 0.497 e. The van der Waals surface area contributed by atoms with Gasteiger partial charge in [0.2, 0.25) is 5.76 Å². The molecule has 0 aliphatic rings. The third-order valence-electron chi connectivity index (χ3n) is 4.97. The Labute approximate surface area is 198 Å². The van der Waals surface area contributed by atoms with Gasteiger partial charge in [0.1, 0.15) is 11.5 Å². The van der Waals surface area contributed by atoms with Gasteiger partial charge in [-0.3, -0.25) is 4.79 Å². The van der Waals surface area contributed by atoms with Gasteiger partial charge in [0, 0.05) is 29.8 Å². The van der Waals surface area contributed by atoms with Gasteiger partial charge in [0.15, 0.2) is 5.52 Å². The van der Waals surface area contributed by atoms with Crippen molar-refractivity contribution in [3.05, 3.63) is 86.5 Å². The number of nitrogens with zero attached hydrogens (tertiary/aromatic N) is 1. The first-order valence-corrected chi connectivity index (χ1v) is 10.5. The standard InChI is InChI=1S/C24H18Cl2N2O5/c1-31-15-8-13(9-16(11-15)32-2)12-28-23(29)22-20(14-5-6-18(25)19(26)10-14)17-4-3-7-27-21(17)24(30)33-22/h3-11H,12H2,1-2H3,(H,28,29). The van der Waals surface area contributed by atoms with Crippen molar-refractivity contribution in [1.82, 2.24) is 10.3 Å². The van der Waals surface area contributed by atoms with Crippen LogP contribution in [0.25, 0.3) is 22.0 Å². The fraction of sp³-hybridized carbons (Fsp3) is 0.125. The monoisotopic (exact) mass is 484 g/mol. The highest BCUT2D eigenvalue weighted by molar-refractivity contribution is 6.42. The second kappa shape index (κ2) is 9.52. The number of rotatable bonds is 6. The summed E-state index contributed by atoms with van der Waals surface area (Å²) in [4.78, 5) is 29.9. The van der Waals surface area contributed by atoms with Gasteiger partial charge in [0.05, 0.1) is 24.3 Å². The Hall–Kier alpha value is -3.55. The van der Waals surface area contributed by atoms with Crippen LogP contribution in [0, 0.1) is 0 Å². The Kier molecular flexibility index (Phi) is 6.53. The average molecular weight is 485 g/mol. The zero-order chi connectivity index (χ0) is 23.5. The first kappa shape index (κ1) is 22.6. The second-order valence-corrected chi connectivity index (χ2v) is 7.84. The highest BCUT2D eigenvalue weighted by Gasteiger charge is 2.22. The highest BCUT2D eigenvalue weighted by atomic mass is 35.5. The fourth-order valence-corrected chi connectivity index (χ4v) is 3.71. The number of carbonyl (C=O) groups is 1. The number of benzene rings is 2. The van der Waals surface area contributed by atoms with Crippen molar-refractivity contribution in [2.24, 2.45) is 0 Å². The molecule has 0 saturated heterocycles. The van der Waals surface area contributed by atoms with Crippen LogP contribution in [-0.2, 0) is 6.54 Å². The summed E-state index contributed by atoms with van der Waals surface area (Å²) >= 11 is 12.3. The molecule has 2 aromatic carbocycles. The summed E-state index contributed by atoms with van der Waals surface area (Å²) < 4.78 is 16.0. The van der Waals surface area contributed by atoms with Crippen LogP contribution in [0.1, 0.15) is 16.1 Å². The smallest absolute Gasteiger partial charge is 0.363 e. The molecule has 0 spiro atoms. The Bertz CT molecular complexity index is 1400. The Morgan fingerprint density at radius 2 is 1.76 bits per heavy atom. The lowest BCUT2D eigenvalue weighted by atomic mass is 9.99. The number of aromatic nitrogens is 1. The minimum absolute atomic E-state index is 0.104. The van der Waals surface area contributed by atoms with Gasteiger partial charge < -0.3 is 19.2 Å². The number of hydrogen-bond acceptors (Lipinski definition) is 6. The van der Waals surface area contributed by atoms with Crippen LogP contribution in [0.4, 0.5) is 0 Å². The summed E-state index contributed by atoms with van der Waals surface area (Å²) in [6.07, 6.45) is 1.48. The maximum atomic E-state index is 13.2. The lowest BCUT2D eigenvalue weighted by Crippen LogP contribution is -2.25. The van der Waals surface area contributed by atoms with Crippen LogP contribution >= 0.6 is 23.2 Å². The molecule has 0 bridgehead atoms. The summed E-state index contributed by atoms with van der Waals surface area (Å²) in [7, 11) is 3.08. The van der Waals surface area contributed by atoms with Gasteiger partial charge >= 0.3 is 5.63 Å². The molecule has 0 saturated carbocycles. The minimum atomic E-state index is -0.720. The maximum absolute atomic E-state index is 13.2. The van der Waals surface area contributed by atoms with Gasteiger partial charge in [0.25, 0.3) is 5.91 Å². The zero-order valence-corrected chi connectivity index (χ0v) is 19.2. The predicted molar refractivity (Wildman–Crippen MR) is 126 cm³/mol. The number of carbonyl (C=O) groups excluding carboxylic acids is 1. The molecule has 1 amide bonds. The molecule has 33 heavy (non-hydrogen) atoms. The molecule has 168 valence electrons. The molecule has 0 fully saturated rings. The first-order chi connectivity index (χ1) is 15.9. The van der Waals surface area contributed by atoms with E-state index in [0.29, 0.717) is 38.1 Å². The van der Waals surface area contributed by atoms with E-state index in [2.05, 4.69) is 10.3 Å². The van der Waals surface area contributed by atoms with Crippen LogP contribution in [0.15, 0.2) is 63.9 Å². The Morgan fingerprint density at radius 3 is 2.42 bits per heavy atom. The molecular formula is C24H18Cl2N2O5. The van der Waals surface area contributed by atoms with Crippen LogP contribution in [0.2, 0.25) is 10.0 Å². The molecule has 0 aliphatic heterocycles. The van der Waals surface area contributed by atoms with Crippen molar-refractivity contribution < 1.29 is 18.7 Å². The normalized spacial score (nSPS) is 10.8. The molecule has 2 heterocycles. The van der Waals surface area contributed by atoms with Crippen LogP contribution in [0.5, 0.6) is 11.5 Å². The van der Waals surface area contributed by atoms with Crippen molar-refractivity contribution in [1.29, 1.82) is 0 Å². The second-order valence-electron chi connectivity index (χ2n) is 7.03. The Balaban J connectivity index is 1.78. The molecule has 9 heteroatoms. The summed E-state index contributed by atoms with van der Waals surface area (Å²) in [5.41, 5.74) is 1.06. The number of ether oxygens (including phenoxy) is 2. The van der Waals surface area contributed by atoms with Crippen molar-refractivity contribution in [3.8, 4) is 22.6 Å². The van der Waals surface area contributed by atoms with Crippen molar-refractivity contribution in [2.45, 2.75) is 6.54 Å². The summed E-state index contributed by atoms with van der Waals surface area (Å²) in [6, 6.07) is 13.5. The van der Waals surface area contributed by atoms with Gasteiger partial charge in [-0.15, -0.1) is 0 Å². The SMILES string of the molecule is COc1cc(CNC(=O)c2oc(=O)c3ncccc3c2-c2ccc(Cl)c(Cl)c2)cc(OC)c1. The predicted octanol–water partition coefficient (Wildman–Crippen LogP) is 5.11. The highest BCUT2D eigenvalue weighted by Crippen LogP contribution is 2.34. The lowest BCUT2D eigenvalue weighted by molar-refractivity contribution is 0.0920. The zero-order valence-electron chi connectivity index (χ0n) is 17.6. The van der Waals surface area contributed by atoms with Gasteiger partial charge in [-0.25, -0.2) is 9.78 Å². The Morgan fingerprint density at radius 1 is 1.03 bits per heavy atom. The van der Waals surface area contributed by atoms with Gasteiger partial charge in [-0.05, 0) is 41.5 Å². The van der Waals surface area contributed by atoms with Gasteiger partial charge in [-0.2, -0.15) is 0 Å². The van der Waals surface area contributed by atoms with Crippen LogP contribution in [0.3, 0.4) is 0 Å². The molecular weight excluding hydrogens is 467 g/mol. The van der Waals surface area contributed by atoms with E-state index < -0.39 is 11.5 Å². The number of halogens is 2. The molecule has 0 aliphatic carbocycles. The molecule has 4 aromatic rings. The minimum Gasteiger partial charge on any atom is -0.497 e. The van der Waals surface area contributed by atoms with E-state index >= 15 is 0 Å². The van der Waals surface area contributed by atoms with Gasteiger partial charge in [-0.1, -0.05) is 35.3 Å². The lowest BCUT2D eigenvalue weighted by Gasteiger charge is -2.13. The number of pyridine rings is 1. The van der Waals surface area contributed by atoms with E-state index in [0.717, 1.165) is 5.56 Å².